The van der Waals surface area contributed by atoms with E-state index in [0.29, 0.717) is 20.8 Å². The summed E-state index contributed by atoms with van der Waals surface area (Å²) in [6.07, 6.45) is -0.391. The molecule has 0 heterocycles. The van der Waals surface area contributed by atoms with Gasteiger partial charge >= 0.3 is 0 Å². The fourth-order valence-electron chi connectivity index (χ4n) is 1.48. The first kappa shape index (κ1) is 14.9. The molecule has 1 aromatic carbocycles. The number of ether oxygens (including phenoxy) is 2. The fraction of sp³-hybridized carbons (Fsp3) is 0.455. The van der Waals surface area contributed by atoms with E-state index in [-0.39, 0.29) is 6.04 Å². The molecule has 0 spiro atoms. The zero-order chi connectivity index (χ0) is 13.0. The molecule has 0 aliphatic carbocycles. The molecule has 1 aromatic rings. The molecule has 17 heavy (non-hydrogen) atoms. The van der Waals surface area contributed by atoms with Crippen molar-refractivity contribution in [3.8, 4) is 0 Å². The average Bonchev–Trinajstić information content (AvgIpc) is 2.25. The minimum Gasteiger partial charge on any atom is -0.375 e. The Morgan fingerprint density at radius 2 is 1.53 bits per heavy atom. The molecule has 0 fully saturated rings. The molecular weight excluding hydrogens is 284 g/mol. The summed E-state index contributed by atoms with van der Waals surface area (Å²) < 4.78 is 10.3. The van der Waals surface area contributed by atoms with Gasteiger partial charge in [0.05, 0.1) is 21.8 Å². The second kappa shape index (κ2) is 6.66. The summed E-state index contributed by atoms with van der Waals surface area (Å²) in [6.45, 7) is 1.90. The zero-order valence-electron chi connectivity index (χ0n) is 9.76. The summed E-state index contributed by atoms with van der Waals surface area (Å²) in [4.78, 5) is 0. The molecule has 0 aliphatic heterocycles. The molecule has 96 valence electrons. The highest BCUT2D eigenvalue weighted by Crippen LogP contribution is 2.34. The third kappa shape index (κ3) is 3.90. The maximum Gasteiger partial charge on any atom is 0.176 e. The van der Waals surface area contributed by atoms with Crippen molar-refractivity contribution in [2.75, 3.05) is 19.5 Å². The minimum atomic E-state index is -0.391. The van der Waals surface area contributed by atoms with Gasteiger partial charge in [-0.2, -0.15) is 0 Å². The highest BCUT2D eigenvalue weighted by Gasteiger charge is 2.18. The molecule has 0 amide bonds. The van der Waals surface area contributed by atoms with Crippen LogP contribution in [0.3, 0.4) is 0 Å². The van der Waals surface area contributed by atoms with Crippen molar-refractivity contribution < 1.29 is 9.47 Å². The quantitative estimate of drug-likeness (QED) is 0.831. The van der Waals surface area contributed by atoms with Crippen LogP contribution in [0.2, 0.25) is 15.1 Å². The molecule has 3 nitrogen and oxygen atoms in total. The van der Waals surface area contributed by atoms with E-state index in [1.54, 1.807) is 26.4 Å². The lowest BCUT2D eigenvalue weighted by molar-refractivity contribution is -0.109. The Balaban J connectivity index is 2.88. The van der Waals surface area contributed by atoms with Crippen LogP contribution >= 0.6 is 34.8 Å². The number of hydrogen-bond acceptors (Lipinski definition) is 3. The lowest BCUT2D eigenvalue weighted by atomic mass is 10.2. The van der Waals surface area contributed by atoms with Crippen LogP contribution in [0, 0.1) is 0 Å². The number of hydrogen-bond donors (Lipinski definition) is 1. The number of halogens is 3. The van der Waals surface area contributed by atoms with Crippen molar-refractivity contribution in [3.05, 3.63) is 27.2 Å². The lowest BCUT2D eigenvalue weighted by Crippen LogP contribution is -2.33. The second-order valence-corrected chi connectivity index (χ2v) is 4.77. The summed E-state index contributed by atoms with van der Waals surface area (Å²) in [7, 11) is 3.13. The molecule has 0 aliphatic rings. The zero-order valence-corrected chi connectivity index (χ0v) is 12.0. The van der Waals surface area contributed by atoms with E-state index in [4.69, 9.17) is 44.3 Å². The van der Waals surface area contributed by atoms with Gasteiger partial charge in [-0.15, -0.1) is 0 Å². The highest BCUT2D eigenvalue weighted by molar-refractivity contribution is 6.41. The molecule has 1 N–H and O–H groups in total. The van der Waals surface area contributed by atoms with Crippen molar-refractivity contribution in [1.82, 2.24) is 0 Å². The van der Waals surface area contributed by atoms with Gasteiger partial charge < -0.3 is 14.8 Å². The van der Waals surface area contributed by atoms with Crippen molar-refractivity contribution in [2.45, 2.75) is 19.3 Å². The molecule has 1 atom stereocenters. The van der Waals surface area contributed by atoms with Crippen LogP contribution in [0.4, 0.5) is 5.69 Å². The van der Waals surface area contributed by atoms with Gasteiger partial charge in [-0.1, -0.05) is 34.8 Å². The Morgan fingerprint density at radius 1 is 1.06 bits per heavy atom. The Bertz CT molecular complexity index is 360. The van der Waals surface area contributed by atoms with E-state index in [2.05, 4.69) is 5.32 Å². The van der Waals surface area contributed by atoms with Crippen molar-refractivity contribution in [1.29, 1.82) is 0 Å². The maximum atomic E-state index is 6.06. The van der Waals surface area contributed by atoms with Gasteiger partial charge in [-0.3, -0.25) is 0 Å². The van der Waals surface area contributed by atoms with Crippen molar-refractivity contribution in [2.24, 2.45) is 0 Å². The molecule has 1 rings (SSSR count). The standard InChI is InChI=1S/C11H14Cl3NO2/c1-6(11(16-2)17-3)15-10-8(13)4-7(12)5-9(10)14/h4-6,11,15H,1-3H3. The Kier molecular flexibility index (Phi) is 5.83. The Hall–Kier alpha value is -0.190. The van der Waals surface area contributed by atoms with Gasteiger partial charge in [0.25, 0.3) is 0 Å². The molecule has 0 saturated carbocycles. The summed E-state index contributed by atoms with van der Waals surface area (Å²) in [5, 5.41) is 4.55. The monoisotopic (exact) mass is 297 g/mol. The molecule has 1 unspecified atom stereocenters. The maximum absolute atomic E-state index is 6.06. The molecule has 0 saturated heterocycles. The molecule has 0 radical (unpaired) electrons. The molecule has 6 heteroatoms. The average molecular weight is 299 g/mol. The van der Waals surface area contributed by atoms with E-state index >= 15 is 0 Å². The van der Waals surface area contributed by atoms with Gasteiger partial charge in [-0.25, -0.2) is 0 Å². The van der Waals surface area contributed by atoms with Crippen molar-refractivity contribution in [3.63, 3.8) is 0 Å². The predicted octanol–water partition coefficient (Wildman–Crippen LogP) is 4.07. The number of methoxy groups -OCH3 is 2. The minimum absolute atomic E-state index is 0.110. The van der Waals surface area contributed by atoms with Crippen LogP contribution in [-0.4, -0.2) is 26.6 Å². The highest BCUT2D eigenvalue weighted by atomic mass is 35.5. The molecule has 0 bridgehead atoms. The van der Waals surface area contributed by atoms with Crippen LogP contribution < -0.4 is 5.32 Å². The van der Waals surface area contributed by atoms with E-state index < -0.39 is 6.29 Å². The van der Waals surface area contributed by atoms with Crippen LogP contribution in [-0.2, 0) is 9.47 Å². The number of benzene rings is 1. The van der Waals surface area contributed by atoms with E-state index in [1.165, 1.54) is 0 Å². The molecule has 0 aromatic heterocycles. The first-order valence-corrected chi connectivity index (χ1v) is 6.09. The fourth-order valence-corrected chi connectivity index (χ4v) is 2.41. The number of rotatable bonds is 5. The second-order valence-electron chi connectivity index (χ2n) is 3.52. The number of anilines is 1. The first-order chi connectivity index (χ1) is 7.99. The van der Waals surface area contributed by atoms with Gasteiger partial charge in [-0.05, 0) is 19.1 Å². The SMILES string of the molecule is COC(OC)C(C)Nc1c(Cl)cc(Cl)cc1Cl. The third-order valence-electron chi connectivity index (χ3n) is 2.25. The predicted molar refractivity (Wildman–Crippen MR) is 72.4 cm³/mol. The largest absolute Gasteiger partial charge is 0.375 e. The van der Waals surface area contributed by atoms with E-state index in [1.807, 2.05) is 6.92 Å². The molecular formula is C11H14Cl3NO2. The number of nitrogens with one attached hydrogen (secondary N) is 1. The van der Waals surface area contributed by atoms with Crippen LogP contribution in [0.15, 0.2) is 12.1 Å². The van der Waals surface area contributed by atoms with Crippen LogP contribution in [0.1, 0.15) is 6.92 Å². The Morgan fingerprint density at radius 3 is 1.94 bits per heavy atom. The first-order valence-electron chi connectivity index (χ1n) is 4.96. The van der Waals surface area contributed by atoms with Crippen LogP contribution in [0.25, 0.3) is 0 Å². The lowest BCUT2D eigenvalue weighted by Gasteiger charge is -2.24. The van der Waals surface area contributed by atoms with E-state index in [9.17, 15) is 0 Å². The van der Waals surface area contributed by atoms with Crippen LogP contribution in [0.5, 0.6) is 0 Å². The smallest absolute Gasteiger partial charge is 0.176 e. The van der Waals surface area contributed by atoms with Gasteiger partial charge in [0.15, 0.2) is 6.29 Å². The third-order valence-corrected chi connectivity index (χ3v) is 3.07. The van der Waals surface area contributed by atoms with Gasteiger partial charge in [0.1, 0.15) is 0 Å². The summed E-state index contributed by atoms with van der Waals surface area (Å²) in [5.74, 6) is 0. The summed E-state index contributed by atoms with van der Waals surface area (Å²) in [5.41, 5.74) is 0.615. The summed E-state index contributed by atoms with van der Waals surface area (Å²) >= 11 is 17.9. The normalized spacial score (nSPS) is 12.9. The van der Waals surface area contributed by atoms with E-state index in [0.717, 1.165) is 0 Å². The Labute approximate surface area is 116 Å². The van der Waals surface area contributed by atoms with Gasteiger partial charge in [0, 0.05) is 19.2 Å². The van der Waals surface area contributed by atoms with Crippen molar-refractivity contribution >= 4 is 40.5 Å². The topological polar surface area (TPSA) is 30.5 Å². The summed E-state index contributed by atoms with van der Waals surface area (Å²) in [6, 6.07) is 3.14. The van der Waals surface area contributed by atoms with Gasteiger partial charge in [0.2, 0.25) is 0 Å².